The highest BCUT2D eigenvalue weighted by Gasteiger charge is 2.10. The number of aliphatic carboxylic acids is 2. The fourth-order valence-electron chi connectivity index (χ4n) is 2.22. The van der Waals surface area contributed by atoms with Crippen molar-refractivity contribution in [3.63, 3.8) is 0 Å². The van der Waals surface area contributed by atoms with Gasteiger partial charge in [0.15, 0.2) is 0 Å². The second-order valence-electron chi connectivity index (χ2n) is 4.93. The summed E-state index contributed by atoms with van der Waals surface area (Å²) in [5, 5.41) is 17.4. The van der Waals surface area contributed by atoms with E-state index >= 15 is 0 Å². The minimum absolute atomic E-state index is 0.0225. The summed E-state index contributed by atoms with van der Waals surface area (Å²) in [6.07, 6.45) is 4.88. The van der Waals surface area contributed by atoms with Crippen molar-refractivity contribution in [2.45, 2.75) is 32.1 Å². The monoisotopic (exact) mass is 285 g/mol. The lowest BCUT2D eigenvalue weighted by molar-refractivity contribution is -0.135. The van der Waals surface area contributed by atoms with Crippen molar-refractivity contribution in [3.05, 3.63) is 11.6 Å². The van der Waals surface area contributed by atoms with Crippen LogP contribution in [0.5, 0.6) is 0 Å². The number of rotatable bonds is 9. The second kappa shape index (κ2) is 9.50. The molecule has 0 atom stereocenters. The maximum atomic E-state index is 10.8. The number of carboxylic acids is 2. The number of carbonyl (C=O) groups is 2. The van der Waals surface area contributed by atoms with Gasteiger partial charge in [-0.1, -0.05) is 12.8 Å². The Bertz CT molecular complexity index is 347. The van der Waals surface area contributed by atoms with Crippen molar-refractivity contribution in [2.75, 3.05) is 32.8 Å². The summed E-state index contributed by atoms with van der Waals surface area (Å²) in [5.41, 5.74) is -0.0225. The number of nitrogens with zero attached hydrogens (tertiary/aromatic N) is 1. The largest absolute Gasteiger partial charge is 0.478 e. The first-order chi connectivity index (χ1) is 9.59. The Morgan fingerprint density at radius 3 is 2.30 bits per heavy atom. The standard InChI is InChI=1S/C14H23NO5/c16-13(17)11-12(14(18)19)5-3-1-2-4-6-15-7-9-20-10-8-15/h11H,1-10H2,(H,16,17)(H,18,19)/b12-11+. The minimum atomic E-state index is -1.20. The molecule has 20 heavy (non-hydrogen) atoms. The molecule has 6 heteroatoms. The van der Waals surface area contributed by atoms with E-state index in [1.54, 1.807) is 0 Å². The quantitative estimate of drug-likeness (QED) is 0.491. The number of hydrogen-bond acceptors (Lipinski definition) is 4. The lowest BCUT2D eigenvalue weighted by Crippen LogP contribution is -2.36. The van der Waals surface area contributed by atoms with Crippen LogP contribution in [0.4, 0.5) is 0 Å². The smallest absolute Gasteiger partial charge is 0.331 e. The van der Waals surface area contributed by atoms with Crippen LogP contribution in [0.2, 0.25) is 0 Å². The zero-order chi connectivity index (χ0) is 14.8. The van der Waals surface area contributed by atoms with Gasteiger partial charge in [-0.25, -0.2) is 9.59 Å². The Hall–Kier alpha value is -1.40. The van der Waals surface area contributed by atoms with Crippen molar-refractivity contribution < 1.29 is 24.5 Å². The molecule has 6 nitrogen and oxygen atoms in total. The van der Waals surface area contributed by atoms with Crippen LogP contribution in [-0.2, 0) is 14.3 Å². The topological polar surface area (TPSA) is 87.1 Å². The van der Waals surface area contributed by atoms with Crippen molar-refractivity contribution >= 4 is 11.9 Å². The molecular formula is C14H23NO5. The summed E-state index contributed by atoms with van der Waals surface area (Å²) in [6, 6.07) is 0. The molecule has 0 spiro atoms. The Kier molecular flexibility index (Phi) is 7.91. The Morgan fingerprint density at radius 2 is 1.70 bits per heavy atom. The highest BCUT2D eigenvalue weighted by atomic mass is 16.5. The molecule has 1 aliphatic rings. The van der Waals surface area contributed by atoms with Crippen LogP contribution in [-0.4, -0.2) is 59.9 Å². The van der Waals surface area contributed by atoms with Crippen molar-refractivity contribution in [2.24, 2.45) is 0 Å². The second-order valence-corrected chi connectivity index (χ2v) is 4.93. The van der Waals surface area contributed by atoms with Gasteiger partial charge in [-0.3, -0.25) is 4.90 Å². The van der Waals surface area contributed by atoms with Crippen LogP contribution in [0.3, 0.4) is 0 Å². The molecule has 0 amide bonds. The summed E-state index contributed by atoms with van der Waals surface area (Å²) in [6.45, 7) is 4.65. The van der Waals surface area contributed by atoms with E-state index in [1.807, 2.05) is 0 Å². The van der Waals surface area contributed by atoms with Crippen LogP contribution >= 0.6 is 0 Å². The first-order valence-corrected chi connectivity index (χ1v) is 7.06. The highest BCUT2D eigenvalue weighted by molar-refractivity contribution is 5.94. The molecule has 1 saturated heterocycles. The number of unbranched alkanes of at least 4 members (excludes halogenated alkanes) is 3. The van der Waals surface area contributed by atoms with E-state index in [4.69, 9.17) is 14.9 Å². The molecule has 0 aromatic carbocycles. The summed E-state index contributed by atoms with van der Waals surface area (Å²) in [4.78, 5) is 23.7. The molecule has 1 aliphatic heterocycles. The molecule has 0 bridgehead atoms. The average molecular weight is 285 g/mol. The van der Waals surface area contributed by atoms with Gasteiger partial charge >= 0.3 is 11.9 Å². The number of morpholine rings is 1. The van der Waals surface area contributed by atoms with E-state index in [9.17, 15) is 9.59 Å². The van der Waals surface area contributed by atoms with E-state index in [1.165, 1.54) is 0 Å². The molecule has 0 unspecified atom stereocenters. The molecule has 1 heterocycles. The van der Waals surface area contributed by atoms with Crippen LogP contribution in [0, 0.1) is 0 Å². The van der Waals surface area contributed by atoms with Crippen LogP contribution in [0.15, 0.2) is 11.6 Å². The maximum Gasteiger partial charge on any atom is 0.331 e. The van der Waals surface area contributed by atoms with Gasteiger partial charge in [-0.2, -0.15) is 0 Å². The summed E-state index contributed by atoms with van der Waals surface area (Å²) < 4.78 is 5.27. The molecule has 0 saturated carbocycles. The Balaban J connectivity index is 2.08. The number of hydrogen-bond donors (Lipinski definition) is 2. The zero-order valence-electron chi connectivity index (χ0n) is 11.7. The summed E-state index contributed by atoms with van der Waals surface area (Å²) >= 11 is 0. The van der Waals surface area contributed by atoms with Crippen LogP contribution in [0.1, 0.15) is 32.1 Å². The third-order valence-electron chi connectivity index (χ3n) is 3.35. The lowest BCUT2D eigenvalue weighted by atomic mass is 10.1. The third kappa shape index (κ3) is 7.25. The van der Waals surface area contributed by atoms with Crippen molar-refractivity contribution in [3.8, 4) is 0 Å². The van der Waals surface area contributed by atoms with E-state index in [0.29, 0.717) is 12.8 Å². The summed E-state index contributed by atoms with van der Waals surface area (Å²) in [7, 11) is 0. The molecule has 0 aromatic heterocycles. The van der Waals surface area contributed by atoms with Crippen molar-refractivity contribution in [1.82, 2.24) is 4.90 Å². The normalized spacial score (nSPS) is 17.1. The van der Waals surface area contributed by atoms with Crippen molar-refractivity contribution in [1.29, 1.82) is 0 Å². The van der Waals surface area contributed by atoms with E-state index < -0.39 is 11.9 Å². The Morgan fingerprint density at radius 1 is 1.05 bits per heavy atom. The zero-order valence-corrected chi connectivity index (χ0v) is 11.7. The van der Waals surface area contributed by atoms with E-state index in [-0.39, 0.29) is 5.57 Å². The van der Waals surface area contributed by atoms with Gasteiger partial charge < -0.3 is 14.9 Å². The van der Waals surface area contributed by atoms with Gasteiger partial charge in [0.1, 0.15) is 0 Å². The van der Waals surface area contributed by atoms with Gasteiger partial charge in [0.2, 0.25) is 0 Å². The number of ether oxygens (including phenoxy) is 1. The van der Waals surface area contributed by atoms with Crippen LogP contribution in [0.25, 0.3) is 0 Å². The Labute approximate surface area is 119 Å². The van der Waals surface area contributed by atoms with Gasteiger partial charge in [0, 0.05) is 24.7 Å². The highest BCUT2D eigenvalue weighted by Crippen LogP contribution is 2.11. The predicted molar refractivity (Wildman–Crippen MR) is 73.7 cm³/mol. The molecule has 0 aromatic rings. The molecule has 1 fully saturated rings. The van der Waals surface area contributed by atoms with E-state index in [2.05, 4.69) is 4.90 Å². The average Bonchev–Trinajstić information content (AvgIpc) is 2.41. The molecule has 1 rings (SSSR count). The van der Waals surface area contributed by atoms with Crippen LogP contribution < -0.4 is 0 Å². The van der Waals surface area contributed by atoms with Gasteiger partial charge in [0.05, 0.1) is 13.2 Å². The maximum absolute atomic E-state index is 10.8. The molecule has 2 N–H and O–H groups in total. The molecule has 114 valence electrons. The first-order valence-electron chi connectivity index (χ1n) is 7.06. The fourth-order valence-corrected chi connectivity index (χ4v) is 2.22. The molecule has 0 aliphatic carbocycles. The summed E-state index contributed by atoms with van der Waals surface area (Å²) in [5.74, 6) is -2.34. The van der Waals surface area contributed by atoms with Gasteiger partial charge in [-0.15, -0.1) is 0 Å². The molecule has 0 radical (unpaired) electrons. The molecular weight excluding hydrogens is 262 g/mol. The fraction of sp³-hybridized carbons (Fsp3) is 0.714. The van der Waals surface area contributed by atoms with E-state index in [0.717, 1.165) is 58.2 Å². The first kappa shape index (κ1) is 16.7. The SMILES string of the molecule is O=C(O)/C=C(\CCCCCCN1CCOCC1)C(=O)O. The number of carboxylic acid groups (broad SMARTS) is 2. The third-order valence-corrected chi connectivity index (χ3v) is 3.35. The minimum Gasteiger partial charge on any atom is -0.478 e. The predicted octanol–water partition coefficient (Wildman–Crippen LogP) is 1.36. The lowest BCUT2D eigenvalue weighted by Gasteiger charge is -2.26. The van der Waals surface area contributed by atoms with Gasteiger partial charge in [-0.05, 0) is 25.8 Å². The van der Waals surface area contributed by atoms with Gasteiger partial charge in [0.25, 0.3) is 0 Å².